The van der Waals surface area contributed by atoms with E-state index in [1.807, 2.05) is 6.92 Å². The second kappa shape index (κ2) is 8.00. The minimum Gasteiger partial charge on any atom is -0.370 e. The van der Waals surface area contributed by atoms with Gasteiger partial charge < -0.3 is 26.5 Å². The first-order chi connectivity index (χ1) is 10.3. The van der Waals surface area contributed by atoms with E-state index >= 15 is 0 Å². The molecule has 5 N–H and O–H groups in total. The number of rotatable bonds is 6. The topological polar surface area (TPSA) is 114 Å². The van der Waals surface area contributed by atoms with E-state index in [0.717, 1.165) is 19.1 Å². The van der Waals surface area contributed by atoms with Crippen molar-refractivity contribution in [2.45, 2.75) is 45.6 Å². The lowest BCUT2D eigenvalue weighted by Gasteiger charge is -2.30. The smallest absolute Gasteiger partial charge is 0.314 e. The van der Waals surface area contributed by atoms with Gasteiger partial charge in [0, 0.05) is 19.6 Å². The Bertz CT molecular complexity index is 416. The standard InChI is InChI=1S/C15H29N5O2/c1-11(2)8-15(3,10-21)19-13(16)18-9-12-4-6-20(7-5-12)14(17)22/h10-12H,4-9H2,1-3H3,(H2,17,22)(H3,16,18,19). The van der Waals surface area contributed by atoms with Crippen molar-refractivity contribution in [3.05, 3.63) is 0 Å². The molecule has 1 saturated heterocycles. The number of likely N-dealkylation sites (tertiary alicyclic amines) is 1. The highest BCUT2D eigenvalue weighted by Gasteiger charge is 2.25. The summed E-state index contributed by atoms with van der Waals surface area (Å²) in [6.07, 6.45) is 3.33. The monoisotopic (exact) mass is 311 g/mol. The number of guanidine groups is 1. The number of primary amides is 1. The number of aliphatic imine (C=N–C) groups is 1. The fourth-order valence-corrected chi connectivity index (χ4v) is 2.87. The molecule has 0 radical (unpaired) electrons. The first-order valence-electron chi connectivity index (χ1n) is 7.84. The maximum atomic E-state index is 11.3. The number of nitrogens with two attached hydrogens (primary N) is 2. The number of hydrogen-bond donors (Lipinski definition) is 3. The van der Waals surface area contributed by atoms with Crippen molar-refractivity contribution in [2.75, 3.05) is 19.6 Å². The van der Waals surface area contributed by atoms with Crippen LogP contribution in [0.1, 0.15) is 40.0 Å². The number of amides is 2. The number of nitrogens with one attached hydrogen (secondary N) is 1. The highest BCUT2D eigenvalue weighted by molar-refractivity contribution is 5.83. The Balaban J connectivity index is 2.46. The zero-order valence-corrected chi connectivity index (χ0v) is 13.8. The fraction of sp³-hybridized carbons (Fsp3) is 0.800. The molecule has 126 valence electrons. The molecule has 1 heterocycles. The number of hydrogen-bond acceptors (Lipinski definition) is 3. The van der Waals surface area contributed by atoms with Crippen LogP contribution in [0.15, 0.2) is 4.99 Å². The summed E-state index contributed by atoms with van der Waals surface area (Å²) < 4.78 is 0. The predicted molar refractivity (Wildman–Crippen MR) is 87.4 cm³/mol. The van der Waals surface area contributed by atoms with E-state index in [1.165, 1.54) is 0 Å². The maximum Gasteiger partial charge on any atom is 0.314 e. The zero-order chi connectivity index (χ0) is 16.8. The van der Waals surface area contributed by atoms with Crippen LogP contribution in [0.5, 0.6) is 0 Å². The summed E-state index contributed by atoms with van der Waals surface area (Å²) in [7, 11) is 0. The molecule has 2 amide bonds. The van der Waals surface area contributed by atoms with Crippen molar-refractivity contribution in [1.29, 1.82) is 0 Å². The quantitative estimate of drug-likeness (QED) is 0.380. The first kappa shape index (κ1) is 18.3. The van der Waals surface area contributed by atoms with Gasteiger partial charge in [-0.2, -0.15) is 0 Å². The average Bonchev–Trinajstić information content (AvgIpc) is 2.44. The highest BCUT2D eigenvalue weighted by atomic mass is 16.2. The second-order valence-corrected chi connectivity index (χ2v) is 6.75. The van der Waals surface area contributed by atoms with Crippen LogP contribution >= 0.6 is 0 Å². The van der Waals surface area contributed by atoms with Crippen LogP contribution in [0.3, 0.4) is 0 Å². The summed E-state index contributed by atoms with van der Waals surface area (Å²) >= 11 is 0. The molecule has 0 aromatic heterocycles. The lowest BCUT2D eigenvalue weighted by atomic mass is 9.92. The lowest BCUT2D eigenvalue weighted by molar-refractivity contribution is -0.112. The number of aldehydes is 1. The molecule has 0 bridgehead atoms. The van der Waals surface area contributed by atoms with Crippen LogP contribution in [-0.4, -0.2) is 48.3 Å². The third-order valence-electron chi connectivity index (χ3n) is 3.95. The molecule has 1 fully saturated rings. The van der Waals surface area contributed by atoms with E-state index in [-0.39, 0.29) is 6.03 Å². The molecule has 0 spiro atoms. The van der Waals surface area contributed by atoms with Gasteiger partial charge in [-0.15, -0.1) is 0 Å². The largest absolute Gasteiger partial charge is 0.370 e. The molecule has 0 saturated carbocycles. The Morgan fingerprint density at radius 3 is 2.45 bits per heavy atom. The fourth-order valence-electron chi connectivity index (χ4n) is 2.87. The van der Waals surface area contributed by atoms with Gasteiger partial charge in [-0.3, -0.25) is 4.99 Å². The first-order valence-corrected chi connectivity index (χ1v) is 7.84. The van der Waals surface area contributed by atoms with Gasteiger partial charge >= 0.3 is 6.03 Å². The third kappa shape index (κ3) is 5.91. The second-order valence-electron chi connectivity index (χ2n) is 6.75. The number of urea groups is 1. The molecule has 0 aliphatic carbocycles. The number of piperidine rings is 1. The Hall–Kier alpha value is -1.79. The van der Waals surface area contributed by atoms with Crippen molar-refractivity contribution >= 4 is 18.3 Å². The molecular formula is C15H29N5O2. The maximum absolute atomic E-state index is 11.3. The van der Waals surface area contributed by atoms with Gasteiger partial charge in [0.2, 0.25) is 0 Å². The molecule has 7 nitrogen and oxygen atoms in total. The summed E-state index contributed by atoms with van der Waals surface area (Å²) in [4.78, 5) is 28.3. The Morgan fingerprint density at radius 2 is 2.00 bits per heavy atom. The van der Waals surface area contributed by atoms with Crippen molar-refractivity contribution < 1.29 is 9.59 Å². The van der Waals surface area contributed by atoms with Gasteiger partial charge in [-0.25, -0.2) is 4.79 Å². The van der Waals surface area contributed by atoms with Gasteiger partial charge in [-0.05, 0) is 38.0 Å². The van der Waals surface area contributed by atoms with E-state index in [9.17, 15) is 9.59 Å². The molecule has 1 aliphatic rings. The molecule has 7 heteroatoms. The van der Waals surface area contributed by atoms with Crippen LogP contribution < -0.4 is 16.8 Å². The minimum absolute atomic E-state index is 0.299. The van der Waals surface area contributed by atoms with Crippen LogP contribution in [0.4, 0.5) is 4.79 Å². The Morgan fingerprint density at radius 1 is 1.41 bits per heavy atom. The van der Waals surface area contributed by atoms with Crippen molar-refractivity contribution in [1.82, 2.24) is 10.2 Å². The molecule has 1 atom stereocenters. The van der Waals surface area contributed by atoms with E-state index in [4.69, 9.17) is 11.5 Å². The normalized spacial score (nSPS) is 19.8. The van der Waals surface area contributed by atoms with Gasteiger partial charge in [0.15, 0.2) is 5.96 Å². The third-order valence-corrected chi connectivity index (χ3v) is 3.95. The summed E-state index contributed by atoms with van der Waals surface area (Å²) in [5.41, 5.74) is 10.5. The minimum atomic E-state index is -0.683. The van der Waals surface area contributed by atoms with Gasteiger partial charge in [0.1, 0.15) is 6.29 Å². The SMILES string of the molecule is CC(C)CC(C)(C=O)NC(N)=NCC1CCN(C(N)=O)CC1. The van der Waals surface area contributed by atoms with Gasteiger partial charge in [-0.1, -0.05) is 13.8 Å². The summed E-state index contributed by atoms with van der Waals surface area (Å²) in [5.74, 6) is 1.07. The molecule has 0 aromatic rings. The van der Waals surface area contributed by atoms with Crippen molar-refractivity contribution in [2.24, 2.45) is 28.3 Å². The summed E-state index contributed by atoms with van der Waals surface area (Å²) in [5, 5.41) is 3.02. The van der Waals surface area contributed by atoms with Crippen molar-refractivity contribution in [3.8, 4) is 0 Å². The zero-order valence-electron chi connectivity index (χ0n) is 13.8. The Labute approximate surface area is 132 Å². The number of carbonyl (C=O) groups is 2. The van der Waals surface area contributed by atoms with E-state index in [1.54, 1.807) is 4.90 Å². The molecule has 0 aromatic carbocycles. The number of carbonyl (C=O) groups excluding carboxylic acids is 2. The van der Waals surface area contributed by atoms with Crippen LogP contribution in [-0.2, 0) is 4.79 Å². The molecular weight excluding hydrogens is 282 g/mol. The number of nitrogens with zero attached hydrogens (tertiary/aromatic N) is 2. The molecule has 22 heavy (non-hydrogen) atoms. The lowest BCUT2D eigenvalue weighted by Crippen LogP contribution is -2.51. The van der Waals surface area contributed by atoms with Gasteiger partial charge in [0.25, 0.3) is 0 Å². The molecule has 1 aliphatic heterocycles. The summed E-state index contributed by atoms with van der Waals surface area (Å²) in [6, 6.07) is -0.362. The Kier molecular flexibility index (Phi) is 6.64. The van der Waals surface area contributed by atoms with Crippen LogP contribution in [0.2, 0.25) is 0 Å². The average molecular weight is 311 g/mol. The van der Waals surface area contributed by atoms with Gasteiger partial charge in [0.05, 0.1) is 5.54 Å². The summed E-state index contributed by atoms with van der Waals surface area (Å²) in [6.45, 7) is 7.88. The van der Waals surface area contributed by atoms with E-state index in [2.05, 4.69) is 24.2 Å². The van der Waals surface area contributed by atoms with Crippen LogP contribution in [0.25, 0.3) is 0 Å². The molecule has 1 rings (SSSR count). The van der Waals surface area contributed by atoms with E-state index < -0.39 is 5.54 Å². The van der Waals surface area contributed by atoms with Crippen LogP contribution in [0, 0.1) is 11.8 Å². The predicted octanol–water partition coefficient (Wildman–Crippen LogP) is 0.685. The van der Waals surface area contributed by atoms with E-state index in [0.29, 0.717) is 43.9 Å². The highest BCUT2D eigenvalue weighted by Crippen LogP contribution is 2.17. The van der Waals surface area contributed by atoms with Crippen molar-refractivity contribution in [3.63, 3.8) is 0 Å². The molecule has 1 unspecified atom stereocenters.